The van der Waals surface area contributed by atoms with Crippen molar-refractivity contribution in [3.63, 3.8) is 0 Å². The molecule has 0 radical (unpaired) electrons. The molecule has 0 saturated heterocycles. The Bertz CT molecular complexity index is 237. The number of hydrogen-bond donors (Lipinski definition) is 3. The van der Waals surface area contributed by atoms with Crippen molar-refractivity contribution in [1.82, 2.24) is 0 Å². The summed E-state index contributed by atoms with van der Waals surface area (Å²) in [5.74, 6) is 16.5. The van der Waals surface area contributed by atoms with Gasteiger partial charge in [0.2, 0.25) is 0 Å². The standard InChI is InChI=1S/C14H33N3O3/c1-13(2,3)11(8-19-16)10(7-18-15)12(9-20-17)14(4,5)6/h10-12H,7-9,15-17H2,1-6H3. The molecule has 20 heavy (non-hydrogen) atoms. The van der Waals surface area contributed by atoms with E-state index in [1.54, 1.807) is 0 Å². The van der Waals surface area contributed by atoms with E-state index in [0.29, 0.717) is 19.8 Å². The van der Waals surface area contributed by atoms with Crippen LogP contribution in [-0.2, 0) is 14.5 Å². The van der Waals surface area contributed by atoms with Gasteiger partial charge in [0.1, 0.15) is 0 Å². The normalized spacial score (nSPS) is 17.9. The fraction of sp³-hybridized carbons (Fsp3) is 1.00. The van der Waals surface area contributed by atoms with E-state index in [1.165, 1.54) is 0 Å². The zero-order valence-electron chi connectivity index (χ0n) is 13.8. The molecular formula is C14H33N3O3. The minimum Gasteiger partial charge on any atom is -0.304 e. The lowest BCUT2D eigenvalue weighted by molar-refractivity contribution is -0.0771. The SMILES string of the molecule is CC(C)(C)C(CON)C(CON)C(CON)C(C)(C)C. The van der Waals surface area contributed by atoms with Gasteiger partial charge in [-0.1, -0.05) is 41.5 Å². The summed E-state index contributed by atoms with van der Waals surface area (Å²) in [4.78, 5) is 14.8. The highest BCUT2D eigenvalue weighted by atomic mass is 16.6. The summed E-state index contributed by atoms with van der Waals surface area (Å²) < 4.78 is 0. The first-order chi connectivity index (χ1) is 9.09. The quantitative estimate of drug-likeness (QED) is 0.586. The van der Waals surface area contributed by atoms with Crippen molar-refractivity contribution >= 4 is 0 Å². The molecule has 0 spiro atoms. The highest BCUT2D eigenvalue weighted by Gasteiger charge is 2.41. The largest absolute Gasteiger partial charge is 0.304 e. The number of hydrogen-bond acceptors (Lipinski definition) is 6. The van der Waals surface area contributed by atoms with Gasteiger partial charge in [-0.3, -0.25) is 0 Å². The minimum atomic E-state index is 0.000660. The summed E-state index contributed by atoms with van der Waals surface area (Å²) in [6.07, 6.45) is 0. The molecule has 0 amide bonds. The highest BCUT2D eigenvalue weighted by Crippen LogP contribution is 2.42. The van der Waals surface area contributed by atoms with Gasteiger partial charge >= 0.3 is 0 Å². The van der Waals surface area contributed by atoms with E-state index in [1.807, 2.05) is 0 Å². The first-order valence-corrected chi connectivity index (χ1v) is 7.04. The lowest BCUT2D eigenvalue weighted by Crippen LogP contribution is -2.45. The highest BCUT2D eigenvalue weighted by molar-refractivity contribution is 4.89. The van der Waals surface area contributed by atoms with E-state index >= 15 is 0 Å². The zero-order valence-corrected chi connectivity index (χ0v) is 13.8. The van der Waals surface area contributed by atoms with E-state index in [-0.39, 0.29) is 28.6 Å². The molecule has 0 rings (SSSR count). The Labute approximate surface area is 123 Å². The molecule has 0 bridgehead atoms. The molecule has 2 unspecified atom stereocenters. The Balaban J connectivity index is 5.42. The fourth-order valence-corrected chi connectivity index (χ4v) is 2.86. The third kappa shape index (κ3) is 6.03. The molecule has 122 valence electrons. The molecule has 0 heterocycles. The Morgan fingerprint density at radius 3 is 1.15 bits per heavy atom. The molecule has 0 fully saturated rings. The average Bonchev–Trinajstić information content (AvgIpc) is 2.28. The van der Waals surface area contributed by atoms with E-state index in [2.05, 4.69) is 41.5 Å². The lowest BCUT2D eigenvalue weighted by Gasteiger charge is -2.44. The smallest absolute Gasteiger partial charge is 0.0716 e. The third-order valence-corrected chi connectivity index (χ3v) is 4.10. The second kappa shape index (κ2) is 8.26. The van der Waals surface area contributed by atoms with Crippen LogP contribution in [0, 0.1) is 28.6 Å². The van der Waals surface area contributed by atoms with E-state index < -0.39 is 0 Å². The monoisotopic (exact) mass is 291 g/mol. The molecule has 6 heteroatoms. The maximum atomic E-state index is 5.34. The van der Waals surface area contributed by atoms with Crippen molar-refractivity contribution in [2.75, 3.05) is 19.8 Å². The summed E-state index contributed by atoms with van der Waals surface area (Å²) in [5.41, 5.74) is 0.00132. The van der Waals surface area contributed by atoms with Crippen molar-refractivity contribution in [3.05, 3.63) is 0 Å². The van der Waals surface area contributed by atoms with Crippen LogP contribution in [0.1, 0.15) is 41.5 Å². The van der Waals surface area contributed by atoms with Crippen LogP contribution in [0.3, 0.4) is 0 Å². The maximum Gasteiger partial charge on any atom is 0.0716 e. The van der Waals surface area contributed by atoms with Gasteiger partial charge in [-0.25, -0.2) is 17.7 Å². The summed E-state index contributed by atoms with van der Waals surface area (Å²) in [5, 5.41) is 0. The van der Waals surface area contributed by atoms with Crippen LogP contribution >= 0.6 is 0 Å². The number of nitrogens with two attached hydrogens (primary N) is 3. The van der Waals surface area contributed by atoms with Crippen LogP contribution in [0.5, 0.6) is 0 Å². The maximum absolute atomic E-state index is 5.34. The van der Waals surface area contributed by atoms with Crippen LogP contribution in [0.15, 0.2) is 0 Å². The van der Waals surface area contributed by atoms with Gasteiger partial charge in [-0.15, -0.1) is 0 Å². The molecule has 2 atom stereocenters. The first-order valence-electron chi connectivity index (χ1n) is 7.04. The van der Waals surface area contributed by atoms with Crippen molar-refractivity contribution in [2.45, 2.75) is 41.5 Å². The Morgan fingerprint density at radius 1 is 0.650 bits per heavy atom. The van der Waals surface area contributed by atoms with E-state index in [4.69, 9.17) is 32.2 Å². The summed E-state index contributed by atoms with van der Waals surface area (Å²) in [6, 6.07) is 0. The van der Waals surface area contributed by atoms with Crippen molar-refractivity contribution in [3.8, 4) is 0 Å². The van der Waals surface area contributed by atoms with Crippen molar-refractivity contribution in [2.24, 2.45) is 46.3 Å². The van der Waals surface area contributed by atoms with Crippen molar-refractivity contribution in [1.29, 1.82) is 0 Å². The van der Waals surface area contributed by atoms with E-state index in [0.717, 1.165) is 0 Å². The molecule has 0 aromatic rings. The summed E-state index contributed by atoms with van der Waals surface area (Å²) in [7, 11) is 0. The van der Waals surface area contributed by atoms with Gasteiger partial charge in [0.15, 0.2) is 0 Å². The fourth-order valence-electron chi connectivity index (χ4n) is 2.86. The van der Waals surface area contributed by atoms with Gasteiger partial charge in [-0.05, 0) is 28.6 Å². The van der Waals surface area contributed by atoms with Crippen molar-refractivity contribution < 1.29 is 14.5 Å². The molecule has 0 aromatic carbocycles. The van der Waals surface area contributed by atoms with Crippen LogP contribution in [0.2, 0.25) is 0 Å². The third-order valence-electron chi connectivity index (χ3n) is 4.10. The molecule has 0 saturated carbocycles. The van der Waals surface area contributed by atoms with Crippen LogP contribution < -0.4 is 17.7 Å². The molecule has 6 nitrogen and oxygen atoms in total. The molecular weight excluding hydrogens is 258 g/mol. The first kappa shape index (κ1) is 19.8. The average molecular weight is 291 g/mol. The molecule has 0 aliphatic carbocycles. The second-order valence-electron chi connectivity index (χ2n) is 7.61. The predicted octanol–water partition coefficient (Wildman–Crippen LogP) is 1.60. The summed E-state index contributed by atoms with van der Waals surface area (Å²) in [6.45, 7) is 14.2. The topological polar surface area (TPSA) is 106 Å². The van der Waals surface area contributed by atoms with Gasteiger partial charge in [0.05, 0.1) is 19.8 Å². The van der Waals surface area contributed by atoms with Crippen LogP contribution in [0.25, 0.3) is 0 Å². The van der Waals surface area contributed by atoms with Gasteiger partial charge in [0, 0.05) is 0 Å². The Kier molecular flexibility index (Phi) is 8.16. The number of rotatable bonds is 8. The predicted molar refractivity (Wildman–Crippen MR) is 79.8 cm³/mol. The Morgan fingerprint density at radius 2 is 0.950 bits per heavy atom. The Hall–Kier alpha value is -0.240. The van der Waals surface area contributed by atoms with Crippen LogP contribution in [-0.4, -0.2) is 19.8 Å². The van der Waals surface area contributed by atoms with E-state index in [9.17, 15) is 0 Å². The molecule has 0 aliphatic rings. The van der Waals surface area contributed by atoms with Crippen LogP contribution in [0.4, 0.5) is 0 Å². The minimum absolute atomic E-state index is 0.000660. The summed E-state index contributed by atoms with van der Waals surface area (Å²) >= 11 is 0. The lowest BCUT2D eigenvalue weighted by atomic mass is 9.63. The molecule has 0 aromatic heterocycles. The molecule has 0 aliphatic heterocycles. The van der Waals surface area contributed by atoms with Gasteiger partial charge in [-0.2, -0.15) is 0 Å². The second-order valence-corrected chi connectivity index (χ2v) is 7.61. The zero-order chi connectivity index (χ0) is 16.0. The molecule has 6 N–H and O–H groups in total. The van der Waals surface area contributed by atoms with Gasteiger partial charge in [0.25, 0.3) is 0 Å². The van der Waals surface area contributed by atoms with Gasteiger partial charge < -0.3 is 14.5 Å².